The number of nitrogens with zero attached hydrogens (tertiary/aromatic N) is 2. The number of rotatable bonds is 7. The van der Waals surface area contributed by atoms with E-state index in [0.29, 0.717) is 16.7 Å². The number of hydrogen-bond acceptors (Lipinski definition) is 3. The lowest BCUT2D eigenvalue weighted by Gasteiger charge is -2.19. The number of carbonyl (C=O) groups excluding carboxylic acids is 2. The highest BCUT2D eigenvalue weighted by molar-refractivity contribution is 6.31. The molecule has 1 atom stereocenters. The molecule has 1 aliphatic rings. The van der Waals surface area contributed by atoms with E-state index in [2.05, 4.69) is 10.6 Å². The van der Waals surface area contributed by atoms with E-state index >= 15 is 0 Å². The van der Waals surface area contributed by atoms with E-state index in [0.717, 1.165) is 22.8 Å². The van der Waals surface area contributed by atoms with E-state index in [1.807, 2.05) is 0 Å². The largest absolute Gasteiger partial charge is 0.416 e. The number of nitrogens with one attached hydrogen (secondary N) is 2. The lowest BCUT2D eigenvalue weighted by molar-refractivity contribution is -0.137. The van der Waals surface area contributed by atoms with Gasteiger partial charge in [0.05, 0.1) is 34.9 Å². The Bertz CT molecular complexity index is 1820. The molecule has 0 spiro atoms. The Kier molecular flexibility index (Phi) is 7.51. The van der Waals surface area contributed by atoms with Crippen LogP contribution in [-0.2, 0) is 19.5 Å². The van der Waals surface area contributed by atoms with Crippen LogP contribution in [0.3, 0.4) is 0 Å². The summed E-state index contributed by atoms with van der Waals surface area (Å²) in [6.07, 6.45) is -5.14. The number of aryl methyl sites for hydroxylation is 1. The molecule has 1 aromatic heterocycles. The fraction of sp³-hybridized carbons (Fsp3) is 0.222. The zero-order valence-corrected chi connectivity index (χ0v) is 21.8. The van der Waals surface area contributed by atoms with Gasteiger partial charge in [-0.3, -0.25) is 23.1 Å². The number of benzene rings is 3. The van der Waals surface area contributed by atoms with Crippen LogP contribution < -0.4 is 16.3 Å². The number of alkyl halides is 5. The Morgan fingerprint density at radius 2 is 1.74 bits per heavy atom. The minimum atomic E-state index is -4.98. The van der Waals surface area contributed by atoms with Crippen molar-refractivity contribution in [2.75, 3.05) is 12.0 Å². The molecule has 1 aliphatic heterocycles. The number of imidazole rings is 1. The molecule has 15 heteroatoms. The molecule has 2 amide bonds. The average molecular weight is 615 g/mol. The first-order chi connectivity index (χ1) is 19.8. The van der Waals surface area contributed by atoms with Gasteiger partial charge in [-0.05, 0) is 48.9 Å². The van der Waals surface area contributed by atoms with Gasteiger partial charge in [0.2, 0.25) is 0 Å². The van der Waals surface area contributed by atoms with E-state index in [4.69, 9.17) is 11.6 Å². The molecular formula is C27H18ClF7N4O3. The lowest BCUT2D eigenvalue weighted by Crippen LogP contribution is -2.24. The molecule has 0 bridgehead atoms. The van der Waals surface area contributed by atoms with Gasteiger partial charge >= 0.3 is 11.9 Å². The SMILES string of the molecule is O=C(Nc1cc2c(c3c1C(c1cc(F)ccc1Cl)NC3=O)n(CF)c(=O)n2CCCF)c1cc(F)cc(C(F)(F)F)c1. The summed E-state index contributed by atoms with van der Waals surface area (Å²) in [6, 6.07) is 4.30. The van der Waals surface area contributed by atoms with Crippen LogP contribution in [-0.4, -0.2) is 27.6 Å². The van der Waals surface area contributed by atoms with E-state index < -0.39 is 66.0 Å². The van der Waals surface area contributed by atoms with E-state index in [-0.39, 0.29) is 57.5 Å². The quantitative estimate of drug-likeness (QED) is 0.246. The number of hydrogen-bond donors (Lipinski definition) is 2. The summed E-state index contributed by atoms with van der Waals surface area (Å²) in [6.45, 7) is -2.48. The van der Waals surface area contributed by atoms with Gasteiger partial charge in [0.25, 0.3) is 11.8 Å². The lowest BCUT2D eigenvalue weighted by atomic mass is 9.95. The van der Waals surface area contributed by atoms with Gasteiger partial charge in [0.1, 0.15) is 11.6 Å². The van der Waals surface area contributed by atoms with Gasteiger partial charge in [0.15, 0.2) is 6.80 Å². The summed E-state index contributed by atoms with van der Waals surface area (Å²) >= 11 is 6.28. The summed E-state index contributed by atoms with van der Waals surface area (Å²) in [5.74, 6) is -4.20. The van der Waals surface area contributed by atoms with Crippen LogP contribution in [0.2, 0.25) is 5.02 Å². The number of fused-ring (bicyclic) bond motifs is 3. The maximum Gasteiger partial charge on any atom is 0.416 e. The second-order valence-electron chi connectivity index (χ2n) is 9.36. The monoisotopic (exact) mass is 614 g/mol. The van der Waals surface area contributed by atoms with Crippen molar-refractivity contribution >= 4 is 40.1 Å². The molecule has 7 nitrogen and oxygen atoms in total. The van der Waals surface area contributed by atoms with Crippen LogP contribution in [0.25, 0.3) is 11.0 Å². The van der Waals surface area contributed by atoms with Crippen molar-refractivity contribution < 1.29 is 40.3 Å². The third-order valence-electron chi connectivity index (χ3n) is 6.77. The zero-order chi connectivity index (χ0) is 30.5. The van der Waals surface area contributed by atoms with Crippen LogP contribution in [0.1, 0.15) is 49.9 Å². The van der Waals surface area contributed by atoms with Gasteiger partial charge in [-0.25, -0.2) is 18.0 Å². The molecule has 0 saturated heterocycles. The van der Waals surface area contributed by atoms with Crippen molar-refractivity contribution in [2.24, 2.45) is 0 Å². The van der Waals surface area contributed by atoms with Crippen molar-refractivity contribution in [2.45, 2.75) is 32.0 Å². The zero-order valence-electron chi connectivity index (χ0n) is 21.1. The summed E-state index contributed by atoms with van der Waals surface area (Å²) in [5, 5.41) is 4.88. The van der Waals surface area contributed by atoms with E-state index in [1.165, 1.54) is 6.07 Å². The molecule has 0 saturated carbocycles. The third kappa shape index (κ3) is 4.99. The van der Waals surface area contributed by atoms with E-state index in [1.54, 1.807) is 0 Å². The molecule has 220 valence electrons. The Morgan fingerprint density at radius 1 is 1.00 bits per heavy atom. The highest BCUT2D eigenvalue weighted by Gasteiger charge is 2.39. The van der Waals surface area contributed by atoms with Gasteiger partial charge in [-0.1, -0.05) is 11.6 Å². The summed E-state index contributed by atoms with van der Waals surface area (Å²) in [4.78, 5) is 39.6. The summed E-state index contributed by atoms with van der Waals surface area (Å²) in [7, 11) is 0. The Balaban J connectivity index is 1.77. The maximum atomic E-state index is 14.2. The first-order valence-electron chi connectivity index (χ1n) is 12.2. The predicted molar refractivity (Wildman–Crippen MR) is 138 cm³/mol. The Morgan fingerprint density at radius 3 is 2.40 bits per heavy atom. The molecule has 3 aromatic carbocycles. The second kappa shape index (κ2) is 10.8. The molecule has 0 radical (unpaired) electrons. The molecule has 2 heterocycles. The molecule has 0 aliphatic carbocycles. The molecule has 0 fully saturated rings. The highest BCUT2D eigenvalue weighted by Crippen LogP contribution is 2.43. The minimum absolute atomic E-state index is 0.00901. The van der Waals surface area contributed by atoms with Crippen molar-refractivity contribution in [1.82, 2.24) is 14.5 Å². The van der Waals surface area contributed by atoms with Crippen molar-refractivity contribution in [3.8, 4) is 0 Å². The third-order valence-corrected chi connectivity index (χ3v) is 7.12. The number of amides is 2. The topological polar surface area (TPSA) is 85.1 Å². The summed E-state index contributed by atoms with van der Waals surface area (Å²) < 4.78 is 96.9. The number of carbonyl (C=O) groups is 2. The first-order valence-corrected chi connectivity index (χ1v) is 12.6. The molecular weight excluding hydrogens is 597 g/mol. The molecule has 42 heavy (non-hydrogen) atoms. The van der Waals surface area contributed by atoms with Crippen LogP contribution in [0.15, 0.2) is 47.3 Å². The molecule has 5 rings (SSSR count). The van der Waals surface area contributed by atoms with Crippen LogP contribution in [0.5, 0.6) is 0 Å². The first kappa shape index (κ1) is 29.2. The van der Waals surface area contributed by atoms with Gasteiger partial charge < -0.3 is 10.6 Å². The average Bonchev–Trinajstić information content (AvgIpc) is 3.41. The molecule has 2 N–H and O–H groups in total. The van der Waals surface area contributed by atoms with Crippen molar-refractivity contribution in [3.63, 3.8) is 0 Å². The van der Waals surface area contributed by atoms with Crippen LogP contribution >= 0.6 is 11.6 Å². The smallest absolute Gasteiger partial charge is 0.341 e. The van der Waals surface area contributed by atoms with Crippen molar-refractivity contribution in [1.29, 1.82) is 0 Å². The Hall–Kier alpha value is -4.33. The summed E-state index contributed by atoms with van der Waals surface area (Å²) in [5.41, 5.74) is -4.08. The minimum Gasteiger partial charge on any atom is -0.341 e. The highest BCUT2D eigenvalue weighted by atomic mass is 35.5. The predicted octanol–water partition coefficient (Wildman–Crippen LogP) is 6.13. The fourth-order valence-corrected chi connectivity index (χ4v) is 5.22. The van der Waals surface area contributed by atoms with Gasteiger partial charge in [-0.2, -0.15) is 13.2 Å². The van der Waals surface area contributed by atoms with Crippen LogP contribution in [0.4, 0.5) is 36.4 Å². The Labute approximate surface area is 236 Å². The van der Waals surface area contributed by atoms with Gasteiger partial charge in [0, 0.05) is 33.9 Å². The number of halogens is 8. The second-order valence-corrected chi connectivity index (χ2v) is 9.76. The number of anilines is 1. The molecule has 1 unspecified atom stereocenters. The number of aromatic nitrogens is 2. The standard InChI is InChI=1S/C27H18ClF7N4O3/c28-17-3-2-14(31)9-16(17)22-20-18(36-24(40)12-6-13(27(33,34)35)8-15(32)7-12)10-19-23(21(20)25(41)37-22)39(11-30)26(42)38(19)5-1-4-29/h2-3,6-10,22H,1,4-5,11H2,(H,36,40)(H,37,41). The normalized spacial score (nSPS) is 14.8. The molecule has 4 aromatic rings. The fourth-order valence-electron chi connectivity index (χ4n) is 5.00. The van der Waals surface area contributed by atoms with Crippen molar-refractivity contribution in [3.05, 3.63) is 97.4 Å². The van der Waals surface area contributed by atoms with Crippen LogP contribution in [0, 0.1) is 11.6 Å². The van der Waals surface area contributed by atoms with Gasteiger partial charge in [-0.15, -0.1) is 0 Å². The van der Waals surface area contributed by atoms with E-state index in [9.17, 15) is 45.1 Å². The maximum absolute atomic E-state index is 14.2.